The van der Waals surface area contributed by atoms with Crippen molar-refractivity contribution in [2.45, 2.75) is 128 Å². The first-order chi connectivity index (χ1) is 15.3. The van der Waals surface area contributed by atoms with Crippen molar-refractivity contribution in [3.05, 3.63) is 12.2 Å². The van der Waals surface area contributed by atoms with Gasteiger partial charge in [-0.3, -0.25) is 4.79 Å². The van der Waals surface area contributed by atoms with Gasteiger partial charge in [-0.25, -0.2) is 0 Å². The average molecular weight is 463 g/mol. The Morgan fingerprint density at radius 2 is 1.22 bits per heavy atom. The van der Waals surface area contributed by atoms with Crippen LogP contribution in [0.2, 0.25) is 0 Å². The van der Waals surface area contributed by atoms with Crippen LogP contribution in [0.1, 0.15) is 96.8 Å². The predicted molar refractivity (Wildman–Crippen MR) is 123 cm³/mol. The Bertz CT molecular complexity index is 471. The Morgan fingerprint density at radius 3 is 1.75 bits per heavy atom. The molecule has 5 atom stereocenters. The zero-order chi connectivity index (χ0) is 24.2. The van der Waals surface area contributed by atoms with E-state index in [9.17, 15) is 30.3 Å². The number of unbranched alkanes of at least 4 members (excludes halogenated alkanes) is 11. The number of carbonyl (C=O) groups excluding carboxylic acids is 1. The van der Waals surface area contributed by atoms with E-state index < -0.39 is 43.3 Å². The van der Waals surface area contributed by atoms with E-state index in [1.54, 1.807) is 0 Å². The summed E-state index contributed by atoms with van der Waals surface area (Å²) >= 11 is 0. The third-order valence-corrected chi connectivity index (χ3v) is 5.47. The first-order valence-corrected chi connectivity index (χ1v) is 12.2. The lowest BCUT2D eigenvalue weighted by atomic mass is 10.0. The minimum absolute atomic E-state index is 0.0693. The minimum Gasteiger partial charge on any atom is -0.433 e. The van der Waals surface area contributed by atoms with Crippen LogP contribution in [0.5, 0.6) is 0 Å². The topological polar surface area (TPSA) is 148 Å². The molecule has 0 aromatic heterocycles. The zero-order valence-corrected chi connectivity index (χ0v) is 19.6. The van der Waals surface area contributed by atoms with E-state index in [0.717, 1.165) is 38.5 Å². The SMILES string of the molecule is CCCCCCCC/C=C\CCCCCCCC(=O)OC(O)[C@H](O)[C@H](O)[C@H](O)[C@@H](O)CO. The van der Waals surface area contributed by atoms with Crippen LogP contribution in [0.3, 0.4) is 0 Å². The predicted octanol–water partition coefficient (Wildman–Crippen LogP) is 2.32. The minimum atomic E-state index is -2.04. The van der Waals surface area contributed by atoms with E-state index in [4.69, 9.17) is 5.11 Å². The fourth-order valence-electron chi connectivity index (χ4n) is 3.31. The number of aliphatic hydroxyl groups is 6. The van der Waals surface area contributed by atoms with E-state index in [1.165, 1.54) is 38.5 Å². The third-order valence-electron chi connectivity index (χ3n) is 5.47. The molecule has 0 fully saturated rings. The number of allylic oxidation sites excluding steroid dienone is 2. The highest BCUT2D eigenvalue weighted by atomic mass is 16.6. The number of hydrogen-bond donors (Lipinski definition) is 6. The second-order valence-corrected chi connectivity index (χ2v) is 8.44. The summed E-state index contributed by atoms with van der Waals surface area (Å²) in [6, 6.07) is 0. The molecular weight excluding hydrogens is 416 g/mol. The molecule has 0 aromatic carbocycles. The van der Waals surface area contributed by atoms with Gasteiger partial charge in [0.25, 0.3) is 0 Å². The molecule has 0 spiro atoms. The molecule has 0 amide bonds. The van der Waals surface area contributed by atoms with Crippen molar-refractivity contribution in [3.8, 4) is 0 Å². The highest BCUT2D eigenvalue weighted by molar-refractivity contribution is 5.69. The highest BCUT2D eigenvalue weighted by Crippen LogP contribution is 2.13. The van der Waals surface area contributed by atoms with Gasteiger partial charge in [0.15, 0.2) is 0 Å². The molecular formula is C24H46O8. The number of esters is 1. The van der Waals surface area contributed by atoms with Gasteiger partial charge in [-0.15, -0.1) is 0 Å². The second kappa shape index (κ2) is 20.6. The van der Waals surface area contributed by atoms with E-state index in [2.05, 4.69) is 23.8 Å². The summed E-state index contributed by atoms with van der Waals surface area (Å²) in [5, 5.41) is 56.5. The highest BCUT2D eigenvalue weighted by Gasteiger charge is 2.35. The Balaban J connectivity index is 3.70. The van der Waals surface area contributed by atoms with Gasteiger partial charge in [-0.1, -0.05) is 70.4 Å². The van der Waals surface area contributed by atoms with Crippen LogP contribution in [0, 0.1) is 0 Å². The number of ether oxygens (including phenoxy) is 1. The summed E-state index contributed by atoms with van der Waals surface area (Å²) in [6.45, 7) is 1.39. The van der Waals surface area contributed by atoms with Crippen LogP contribution >= 0.6 is 0 Å². The van der Waals surface area contributed by atoms with Crippen molar-refractivity contribution in [1.82, 2.24) is 0 Å². The largest absolute Gasteiger partial charge is 0.433 e. The lowest BCUT2D eigenvalue weighted by Crippen LogP contribution is -2.50. The maximum Gasteiger partial charge on any atom is 0.308 e. The monoisotopic (exact) mass is 462 g/mol. The average Bonchev–Trinajstić information content (AvgIpc) is 2.79. The van der Waals surface area contributed by atoms with Crippen molar-refractivity contribution >= 4 is 5.97 Å². The third kappa shape index (κ3) is 15.7. The van der Waals surface area contributed by atoms with Gasteiger partial charge in [0.1, 0.15) is 24.4 Å². The van der Waals surface area contributed by atoms with Crippen molar-refractivity contribution in [2.75, 3.05) is 6.61 Å². The van der Waals surface area contributed by atoms with Crippen molar-refractivity contribution in [3.63, 3.8) is 0 Å². The fourth-order valence-corrected chi connectivity index (χ4v) is 3.31. The number of hydrogen-bond acceptors (Lipinski definition) is 8. The van der Waals surface area contributed by atoms with Crippen molar-refractivity contribution in [2.24, 2.45) is 0 Å². The van der Waals surface area contributed by atoms with Crippen LogP contribution in [0.4, 0.5) is 0 Å². The van der Waals surface area contributed by atoms with Crippen LogP contribution in [0.15, 0.2) is 12.2 Å². The summed E-state index contributed by atoms with van der Waals surface area (Å²) in [4.78, 5) is 11.7. The summed E-state index contributed by atoms with van der Waals surface area (Å²) in [5.41, 5.74) is 0. The summed E-state index contributed by atoms with van der Waals surface area (Å²) in [7, 11) is 0. The van der Waals surface area contributed by atoms with Gasteiger partial charge >= 0.3 is 5.97 Å². The molecule has 0 aliphatic rings. The molecule has 0 aliphatic carbocycles. The van der Waals surface area contributed by atoms with Gasteiger partial charge in [-0.2, -0.15) is 0 Å². The van der Waals surface area contributed by atoms with Gasteiger partial charge in [0, 0.05) is 6.42 Å². The molecule has 6 N–H and O–H groups in total. The maximum atomic E-state index is 11.7. The molecule has 0 aliphatic heterocycles. The fraction of sp³-hybridized carbons (Fsp3) is 0.875. The summed E-state index contributed by atoms with van der Waals surface area (Å²) < 4.78 is 4.66. The van der Waals surface area contributed by atoms with Gasteiger partial charge in [0.2, 0.25) is 6.29 Å². The number of rotatable bonds is 21. The van der Waals surface area contributed by atoms with E-state index in [0.29, 0.717) is 6.42 Å². The molecule has 0 rings (SSSR count). The zero-order valence-electron chi connectivity index (χ0n) is 19.6. The molecule has 190 valence electrons. The van der Waals surface area contributed by atoms with Crippen LogP contribution < -0.4 is 0 Å². The maximum absolute atomic E-state index is 11.7. The van der Waals surface area contributed by atoms with Gasteiger partial charge in [0.05, 0.1) is 6.61 Å². The lowest BCUT2D eigenvalue weighted by Gasteiger charge is -2.28. The quantitative estimate of drug-likeness (QED) is 0.0659. The molecule has 0 bridgehead atoms. The van der Waals surface area contributed by atoms with Crippen LogP contribution in [-0.2, 0) is 9.53 Å². The number of aliphatic hydroxyl groups excluding tert-OH is 6. The Hall–Kier alpha value is -1.03. The van der Waals surface area contributed by atoms with E-state index in [1.807, 2.05) is 0 Å². The van der Waals surface area contributed by atoms with Crippen LogP contribution in [0.25, 0.3) is 0 Å². The van der Waals surface area contributed by atoms with E-state index >= 15 is 0 Å². The molecule has 8 nitrogen and oxygen atoms in total. The van der Waals surface area contributed by atoms with Crippen molar-refractivity contribution < 1.29 is 40.2 Å². The Kier molecular flexibility index (Phi) is 19.9. The standard InChI is InChI=1S/C24H46O8/c1-2-3-4-5-6-7-8-9-10-11-12-13-14-15-16-17-20(27)32-24(31)23(30)22(29)21(28)19(26)18-25/h9-10,19,21-26,28-31H,2-8,11-18H2,1H3/b10-9-/t19-,21+,22+,23+,24?/m0/s1. The van der Waals surface area contributed by atoms with E-state index in [-0.39, 0.29) is 6.42 Å². The molecule has 0 saturated heterocycles. The van der Waals surface area contributed by atoms with Crippen LogP contribution in [-0.4, -0.2) is 73.9 Å². The first kappa shape index (κ1) is 31.0. The summed E-state index contributed by atoms with van der Waals surface area (Å²) in [5.74, 6) is -0.724. The smallest absolute Gasteiger partial charge is 0.308 e. The normalized spacial score (nSPS) is 16.6. The molecule has 32 heavy (non-hydrogen) atoms. The molecule has 8 heteroatoms. The molecule has 0 radical (unpaired) electrons. The molecule has 0 aromatic rings. The van der Waals surface area contributed by atoms with Gasteiger partial charge in [-0.05, 0) is 32.1 Å². The first-order valence-electron chi connectivity index (χ1n) is 12.2. The number of carbonyl (C=O) groups is 1. The Morgan fingerprint density at radius 1 is 0.719 bits per heavy atom. The lowest BCUT2D eigenvalue weighted by molar-refractivity contribution is -0.213. The second-order valence-electron chi connectivity index (χ2n) is 8.44. The van der Waals surface area contributed by atoms with Crippen molar-refractivity contribution in [1.29, 1.82) is 0 Å². The Labute approximate surface area is 192 Å². The molecule has 0 saturated carbocycles. The van der Waals surface area contributed by atoms with Gasteiger partial charge < -0.3 is 35.4 Å². The molecule has 1 unspecified atom stereocenters. The summed E-state index contributed by atoms with van der Waals surface area (Å²) in [6.07, 6.45) is 9.72. The molecule has 0 heterocycles.